The van der Waals surface area contributed by atoms with Gasteiger partial charge < -0.3 is 10.0 Å². The zero-order chi connectivity index (χ0) is 13.7. The topological polar surface area (TPSA) is 71.2 Å². The van der Waals surface area contributed by atoms with Gasteiger partial charge in [0, 0.05) is 31.1 Å². The molecule has 1 amide bonds. The Balaban J connectivity index is 1.88. The molecule has 0 aliphatic rings. The molecular formula is C12H16N4O2S. The summed E-state index contributed by atoms with van der Waals surface area (Å²) < 4.78 is 1.50. The van der Waals surface area contributed by atoms with Gasteiger partial charge in [0.05, 0.1) is 12.2 Å². The van der Waals surface area contributed by atoms with Gasteiger partial charge in [-0.3, -0.25) is 4.79 Å². The number of amides is 1. The third kappa shape index (κ3) is 3.87. The summed E-state index contributed by atoms with van der Waals surface area (Å²) >= 11 is 1.63. The van der Waals surface area contributed by atoms with E-state index >= 15 is 0 Å². The van der Waals surface area contributed by atoms with Crippen LogP contribution in [0.2, 0.25) is 0 Å². The second-order valence-electron chi connectivity index (χ2n) is 4.21. The lowest BCUT2D eigenvalue weighted by Gasteiger charge is -2.15. The van der Waals surface area contributed by atoms with Crippen LogP contribution in [-0.4, -0.2) is 44.6 Å². The number of aliphatic hydroxyl groups is 1. The van der Waals surface area contributed by atoms with Crippen molar-refractivity contribution in [2.24, 2.45) is 0 Å². The van der Waals surface area contributed by atoms with Crippen molar-refractivity contribution < 1.29 is 9.90 Å². The summed E-state index contributed by atoms with van der Waals surface area (Å²) in [6.45, 7) is 0.805. The molecular weight excluding hydrogens is 264 g/mol. The van der Waals surface area contributed by atoms with Crippen LogP contribution in [0.15, 0.2) is 23.7 Å². The fourth-order valence-electron chi connectivity index (χ4n) is 1.63. The van der Waals surface area contributed by atoms with Crippen LogP contribution in [-0.2, 0) is 24.3 Å². The molecule has 0 atom stereocenters. The van der Waals surface area contributed by atoms with Crippen molar-refractivity contribution in [3.8, 4) is 0 Å². The first-order valence-electron chi connectivity index (χ1n) is 5.95. The Morgan fingerprint density at radius 3 is 3.11 bits per heavy atom. The number of aromatic nitrogens is 3. The normalized spacial score (nSPS) is 10.6. The highest BCUT2D eigenvalue weighted by molar-refractivity contribution is 7.09. The second kappa shape index (κ2) is 6.44. The van der Waals surface area contributed by atoms with E-state index in [0.29, 0.717) is 18.7 Å². The predicted octanol–water partition coefficient (Wildman–Crippen LogP) is 0.533. The van der Waals surface area contributed by atoms with E-state index in [1.54, 1.807) is 29.5 Å². The van der Waals surface area contributed by atoms with E-state index in [0.717, 1.165) is 4.88 Å². The van der Waals surface area contributed by atoms with Crippen molar-refractivity contribution >= 4 is 17.2 Å². The van der Waals surface area contributed by atoms with Gasteiger partial charge in [0.25, 0.3) is 0 Å². The predicted molar refractivity (Wildman–Crippen MR) is 71.6 cm³/mol. The Morgan fingerprint density at radius 1 is 1.58 bits per heavy atom. The lowest BCUT2D eigenvalue weighted by atomic mass is 10.3. The average molecular weight is 280 g/mol. The van der Waals surface area contributed by atoms with Crippen LogP contribution in [0.5, 0.6) is 0 Å². The van der Waals surface area contributed by atoms with Gasteiger partial charge in [0.1, 0.15) is 6.54 Å². The van der Waals surface area contributed by atoms with Crippen LogP contribution >= 0.6 is 11.3 Å². The molecule has 0 radical (unpaired) electrons. The number of carbonyl (C=O) groups is 1. The summed E-state index contributed by atoms with van der Waals surface area (Å²) in [7, 11) is 1.77. The van der Waals surface area contributed by atoms with Crippen molar-refractivity contribution in [2.75, 3.05) is 13.7 Å². The van der Waals surface area contributed by atoms with Crippen LogP contribution < -0.4 is 0 Å². The summed E-state index contributed by atoms with van der Waals surface area (Å²) in [5.41, 5.74) is 0.691. The van der Waals surface area contributed by atoms with Crippen LogP contribution in [0.1, 0.15) is 10.6 Å². The maximum Gasteiger partial charge on any atom is 0.244 e. The van der Waals surface area contributed by atoms with E-state index in [9.17, 15) is 4.79 Å². The lowest BCUT2D eigenvalue weighted by Crippen LogP contribution is -2.29. The molecule has 2 heterocycles. The van der Waals surface area contributed by atoms with E-state index < -0.39 is 0 Å². The largest absolute Gasteiger partial charge is 0.396 e. The minimum atomic E-state index is -0.0196. The fraction of sp³-hybridized carbons (Fsp3) is 0.417. The van der Waals surface area contributed by atoms with Gasteiger partial charge >= 0.3 is 0 Å². The van der Waals surface area contributed by atoms with Gasteiger partial charge in [-0.15, -0.1) is 16.4 Å². The molecule has 2 aromatic heterocycles. The molecule has 19 heavy (non-hydrogen) atoms. The third-order valence-electron chi connectivity index (χ3n) is 2.65. The fourth-order valence-corrected chi connectivity index (χ4v) is 2.39. The SMILES string of the molecule is CN(Cc1cccs1)C(=O)Cn1cc(CCO)nn1. The van der Waals surface area contributed by atoms with Gasteiger partial charge in [-0.05, 0) is 11.4 Å². The molecule has 2 rings (SSSR count). The molecule has 0 saturated carbocycles. The van der Waals surface area contributed by atoms with Crippen LogP contribution in [0.25, 0.3) is 0 Å². The molecule has 0 fully saturated rings. The third-order valence-corrected chi connectivity index (χ3v) is 3.51. The maximum atomic E-state index is 12.0. The number of aliphatic hydroxyl groups excluding tert-OH is 1. The molecule has 0 unspecified atom stereocenters. The van der Waals surface area contributed by atoms with E-state index in [4.69, 9.17) is 5.11 Å². The number of rotatable bonds is 6. The van der Waals surface area contributed by atoms with Gasteiger partial charge in [-0.25, -0.2) is 4.68 Å². The number of nitrogens with zero attached hydrogens (tertiary/aromatic N) is 4. The summed E-state index contributed by atoms with van der Waals surface area (Å²) in [5.74, 6) is -0.0196. The van der Waals surface area contributed by atoms with E-state index in [1.165, 1.54) is 4.68 Å². The first kappa shape index (κ1) is 13.7. The quantitative estimate of drug-likeness (QED) is 0.838. The monoisotopic (exact) mass is 280 g/mol. The Hall–Kier alpha value is -1.73. The molecule has 0 bridgehead atoms. The van der Waals surface area contributed by atoms with Gasteiger partial charge in [-0.2, -0.15) is 0 Å². The van der Waals surface area contributed by atoms with Gasteiger partial charge in [0.2, 0.25) is 5.91 Å². The molecule has 102 valence electrons. The average Bonchev–Trinajstić information content (AvgIpc) is 3.02. The van der Waals surface area contributed by atoms with Crippen molar-refractivity contribution in [2.45, 2.75) is 19.5 Å². The molecule has 0 aliphatic heterocycles. The van der Waals surface area contributed by atoms with Crippen molar-refractivity contribution in [1.29, 1.82) is 0 Å². The molecule has 1 N–H and O–H groups in total. The van der Waals surface area contributed by atoms with Crippen molar-refractivity contribution in [1.82, 2.24) is 19.9 Å². The molecule has 0 aromatic carbocycles. The minimum Gasteiger partial charge on any atom is -0.396 e. The first-order chi connectivity index (χ1) is 9.19. The van der Waals surface area contributed by atoms with Crippen LogP contribution in [0, 0.1) is 0 Å². The highest BCUT2D eigenvalue weighted by Gasteiger charge is 2.11. The Kier molecular flexibility index (Phi) is 4.64. The summed E-state index contributed by atoms with van der Waals surface area (Å²) in [6, 6.07) is 3.97. The van der Waals surface area contributed by atoms with E-state index in [2.05, 4.69) is 10.3 Å². The van der Waals surface area contributed by atoms with E-state index in [1.807, 2.05) is 17.5 Å². The molecule has 6 nitrogen and oxygen atoms in total. The second-order valence-corrected chi connectivity index (χ2v) is 5.24. The zero-order valence-electron chi connectivity index (χ0n) is 10.7. The Bertz CT molecular complexity index is 524. The minimum absolute atomic E-state index is 0.0196. The summed E-state index contributed by atoms with van der Waals surface area (Å²) in [5, 5.41) is 18.5. The Morgan fingerprint density at radius 2 is 2.42 bits per heavy atom. The highest BCUT2D eigenvalue weighted by Crippen LogP contribution is 2.11. The highest BCUT2D eigenvalue weighted by atomic mass is 32.1. The molecule has 7 heteroatoms. The van der Waals surface area contributed by atoms with Crippen LogP contribution in [0.3, 0.4) is 0 Å². The molecule has 0 aliphatic carbocycles. The molecule has 0 saturated heterocycles. The lowest BCUT2D eigenvalue weighted by molar-refractivity contribution is -0.131. The van der Waals surface area contributed by atoms with Gasteiger partial charge in [-0.1, -0.05) is 11.3 Å². The van der Waals surface area contributed by atoms with Crippen molar-refractivity contribution in [3.63, 3.8) is 0 Å². The summed E-state index contributed by atoms with van der Waals surface area (Å²) in [6.07, 6.45) is 2.15. The molecule has 0 spiro atoms. The zero-order valence-corrected chi connectivity index (χ0v) is 11.5. The number of hydrogen-bond acceptors (Lipinski definition) is 5. The standard InChI is InChI=1S/C12H16N4O2S/c1-15(8-11-3-2-6-19-11)12(18)9-16-7-10(4-5-17)13-14-16/h2-3,6-7,17H,4-5,8-9H2,1H3. The number of carbonyl (C=O) groups excluding carboxylic acids is 1. The number of likely N-dealkylation sites (N-methyl/N-ethyl adjacent to an activating group) is 1. The maximum absolute atomic E-state index is 12.0. The Labute approximate surface area is 115 Å². The smallest absolute Gasteiger partial charge is 0.244 e. The van der Waals surface area contributed by atoms with E-state index in [-0.39, 0.29) is 19.1 Å². The summed E-state index contributed by atoms with van der Waals surface area (Å²) in [4.78, 5) is 14.8. The number of thiophene rings is 1. The van der Waals surface area contributed by atoms with Crippen molar-refractivity contribution in [3.05, 3.63) is 34.3 Å². The van der Waals surface area contributed by atoms with Crippen LogP contribution in [0.4, 0.5) is 0 Å². The van der Waals surface area contributed by atoms with Gasteiger partial charge in [0.15, 0.2) is 0 Å². The first-order valence-corrected chi connectivity index (χ1v) is 6.83. The molecule has 2 aromatic rings. The number of hydrogen-bond donors (Lipinski definition) is 1.